The van der Waals surface area contributed by atoms with E-state index in [-0.39, 0.29) is 11.2 Å². The van der Waals surface area contributed by atoms with Gasteiger partial charge in [0.1, 0.15) is 5.82 Å². The Kier molecular flexibility index (Phi) is 3.65. The van der Waals surface area contributed by atoms with Crippen molar-refractivity contribution in [3.8, 4) is 0 Å². The van der Waals surface area contributed by atoms with Gasteiger partial charge in [0.2, 0.25) is 0 Å². The zero-order chi connectivity index (χ0) is 14.2. The van der Waals surface area contributed by atoms with Crippen LogP contribution in [0.3, 0.4) is 0 Å². The predicted octanol–water partition coefficient (Wildman–Crippen LogP) is 4.22. The maximum atomic E-state index is 13.1. The highest BCUT2D eigenvalue weighted by atomic mass is 79.9. The van der Waals surface area contributed by atoms with Gasteiger partial charge in [0.25, 0.3) is 0 Å². The van der Waals surface area contributed by atoms with E-state index in [9.17, 15) is 9.50 Å². The molecule has 1 unspecified atom stereocenters. The Hall–Kier alpha value is -1.19. The molecule has 0 aliphatic heterocycles. The molecule has 1 aliphatic carbocycles. The first-order valence-electron chi connectivity index (χ1n) is 6.79. The standard InChI is InChI=1S/C17H16BrFO/c18-15-11-14(19)7-6-12(15)10-16(20)17(8-9-17)13-4-2-1-3-5-13/h1-7,11,16,20H,8-10H2. The number of aliphatic hydroxyl groups excluding tert-OH is 1. The van der Waals surface area contributed by atoms with E-state index in [1.807, 2.05) is 18.2 Å². The lowest BCUT2D eigenvalue weighted by molar-refractivity contribution is 0.131. The van der Waals surface area contributed by atoms with Gasteiger partial charge in [0, 0.05) is 16.3 Å². The molecule has 20 heavy (non-hydrogen) atoms. The number of aliphatic hydroxyl groups is 1. The molecule has 0 bridgehead atoms. The second-order valence-electron chi connectivity index (χ2n) is 5.48. The van der Waals surface area contributed by atoms with Crippen LogP contribution in [0.5, 0.6) is 0 Å². The van der Waals surface area contributed by atoms with Crippen LogP contribution in [-0.4, -0.2) is 11.2 Å². The first-order chi connectivity index (χ1) is 9.62. The molecular formula is C17H16BrFO. The summed E-state index contributed by atoms with van der Waals surface area (Å²) in [6.07, 6.45) is 2.12. The minimum Gasteiger partial charge on any atom is -0.392 e. The molecule has 0 amide bonds. The molecule has 2 aromatic carbocycles. The summed E-state index contributed by atoms with van der Waals surface area (Å²) in [6.45, 7) is 0. The van der Waals surface area contributed by atoms with E-state index < -0.39 is 6.10 Å². The van der Waals surface area contributed by atoms with Crippen LogP contribution in [0.4, 0.5) is 4.39 Å². The number of halogens is 2. The first-order valence-corrected chi connectivity index (χ1v) is 7.59. The molecule has 1 saturated carbocycles. The molecule has 0 heterocycles. The largest absolute Gasteiger partial charge is 0.392 e. The van der Waals surface area contributed by atoms with Crippen LogP contribution in [0, 0.1) is 5.82 Å². The average Bonchev–Trinajstić information content (AvgIpc) is 3.24. The average molecular weight is 335 g/mol. The predicted molar refractivity (Wildman–Crippen MR) is 81.2 cm³/mol. The van der Waals surface area contributed by atoms with Crippen LogP contribution in [0.2, 0.25) is 0 Å². The van der Waals surface area contributed by atoms with Gasteiger partial charge < -0.3 is 5.11 Å². The maximum Gasteiger partial charge on any atom is 0.124 e. The van der Waals surface area contributed by atoms with Crippen molar-refractivity contribution in [1.29, 1.82) is 0 Å². The van der Waals surface area contributed by atoms with Crippen molar-refractivity contribution in [2.24, 2.45) is 0 Å². The van der Waals surface area contributed by atoms with Gasteiger partial charge in [-0.15, -0.1) is 0 Å². The molecule has 1 N–H and O–H groups in total. The summed E-state index contributed by atoms with van der Waals surface area (Å²) >= 11 is 3.37. The molecule has 0 saturated heterocycles. The molecule has 0 spiro atoms. The SMILES string of the molecule is OC(Cc1ccc(F)cc1Br)C1(c2ccccc2)CC1. The quantitative estimate of drug-likeness (QED) is 0.887. The summed E-state index contributed by atoms with van der Waals surface area (Å²) in [7, 11) is 0. The highest BCUT2D eigenvalue weighted by Gasteiger charge is 2.50. The van der Waals surface area contributed by atoms with E-state index in [0.29, 0.717) is 6.42 Å². The van der Waals surface area contributed by atoms with Gasteiger partial charge in [-0.1, -0.05) is 52.3 Å². The molecule has 3 heteroatoms. The van der Waals surface area contributed by atoms with Gasteiger partial charge in [0.15, 0.2) is 0 Å². The van der Waals surface area contributed by atoms with Crippen LogP contribution in [0.1, 0.15) is 24.0 Å². The lowest BCUT2D eigenvalue weighted by atomic mass is 9.86. The number of hydrogen-bond donors (Lipinski definition) is 1. The molecule has 0 radical (unpaired) electrons. The van der Waals surface area contributed by atoms with E-state index in [2.05, 4.69) is 28.1 Å². The second-order valence-corrected chi connectivity index (χ2v) is 6.33. The highest BCUT2D eigenvalue weighted by molar-refractivity contribution is 9.10. The molecular weight excluding hydrogens is 319 g/mol. The van der Waals surface area contributed by atoms with Crippen molar-refractivity contribution < 1.29 is 9.50 Å². The van der Waals surface area contributed by atoms with Crippen molar-refractivity contribution in [1.82, 2.24) is 0 Å². The van der Waals surface area contributed by atoms with Crippen molar-refractivity contribution in [2.75, 3.05) is 0 Å². The number of hydrogen-bond acceptors (Lipinski definition) is 1. The van der Waals surface area contributed by atoms with Crippen LogP contribution in [0.25, 0.3) is 0 Å². The lowest BCUT2D eigenvalue weighted by Gasteiger charge is -2.23. The Balaban J connectivity index is 1.81. The Morgan fingerprint density at radius 3 is 2.45 bits per heavy atom. The van der Waals surface area contributed by atoms with Gasteiger partial charge in [-0.25, -0.2) is 4.39 Å². The summed E-state index contributed by atoms with van der Waals surface area (Å²) in [5, 5.41) is 10.6. The third-order valence-electron chi connectivity index (χ3n) is 4.20. The minimum absolute atomic E-state index is 0.116. The fraction of sp³-hybridized carbons (Fsp3) is 0.294. The Bertz CT molecular complexity index is 608. The van der Waals surface area contributed by atoms with Crippen LogP contribution in [0.15, 0.2) is 53.0 Å². The normalized spacial score (nSPS) is 17.8. The van der Waals surface area contributed by atoms with Gasteiger partial charge in [0.05, 0.1) is 6.10 Å². The maximum absolute atomic E-state index is 13.1. The van der Waals surface area contributed by atoms with Crippen molar-refractivity contribution in [3.63, 3.8) is 0 Å². The van der Waals surface area contributed by atoms with Gasteiger partial charge >= 0.3 is 0 Å². The monoisotopic (exact) mass is 334 g/mol. The van der Waals surface area contributed by atoms with Crippen LogP contribution in [-0.2, 0) is 11.8 Å². The summed E-state index contributed by atoms with van der Waals surface area (Å²) in [5.74, 6) is -0.265. The Morgan fingerprint density at radius 2 is 1.85 bits per heavy atom. The summed E-state index contributed by atoms with van der Waals surface area (Å²) in [4.78, 5) is 0. The summed E-state index contributed by atoms with van der Waals surface area (Å²) < 4.78 is 13.8. The van der Waals surface area contributed by atoms with Gasteiger partial charge in [-0.3, -0.25) is 0 Å². The first kappa shape index (κ1) is 13.8. The van der Waals surface area contributed by atoms with Crippen molar-refractivity contribution in [3.05, 3.63) is 69.9 Å². The van der Waals surface area contributed by atoms with Crippen molar-refractivity contribution >= 4 is 15.9 Å². The topological polar surface area (TPSA) is 20.2 Å². The molecule has 1 atom stereocenters. The molecule has 1 fully saturated rings. The minimum atomic E-state index is -0.438. The zero-order valence-electron chi connectivity index (χ0n) is 11.0. The van der Waals surface area contributed by atoms with E-state index in [1.54, 1.807) is 6.07 Å². The number of benzene rings is 2. The smallest absolute Gasteiger partial charge is 0.124 e. The van der Waals surface area contributed by atoms with Gasteiger partial charge in [-0.05, 0) is 36.1 Å². The highest BCUT2D eigenvalue weighted by Crippen LogP contribution is 2.51. The number of rotatable bonds is 4. The fourth-order valence-electron chi connectivity index (χ4n) is 2.81. The van der Waals surface area contributed by atoms with Crippen LogP contribution < -0.4 is 0 Å². The lowest BCUT2D eigenvalue weighted by Crippen LogP contribution is -2.28. The van der Waals surface area contributed by atoms with E-state index in [1.165, 1.54) is 17.7 Å². The summed E-state index contributed by atoms with van der Waals surface area (Å²) in [6, 6.07) is 14.8. The molecule has 1 nitrogen and oxygen atoms in total. The Labute approximate surface area is 126 Å². The second kappa shape index (κ2) is 5.30. The molecule has 0 aromatic heterocycles. The fourth-order valence-corrected chi connectivity index (χ4v) is 3.32. The third-order valence-corrected chi connectivity index (χ3v) is 4.94. The van der Waals surface area contributed by atoms with E-state index in [4.69, 9.17) is 0 Å². The molecule has 104 valence electrons. The zero-order valence-corrected chi connectivity index (χ0v) is 12.6. The van der Waals surface area contributed by atoms with Crippen LogP contribution >= 0.6 is 15.9 Å². The summed E-state index contributed by atoms with van der Waals surface area (Å²) in [5.41, 5.74) is 2.03. The molecule has 3 rings (SSSR count). The Morgan fingerprint density at radius 1 is 1.15 bits per heavy atom. The third kappa shape index (κ3) is 2.52. The van der Waals surface area contributed by atoms with Crippen molar-refractivity contribution in [2.45, 2.75) is 30.8 Å². The van der Waals surface area contributed by atoms with E-state index >= 15 is 0 Å². The molecule has 1 aliphatic rings. The molecule has 2 aromatic rings. The van der Waals surface area contributed by atoms with E-state index in [0.717, 1.165) is 22.9 Å². The van der Waals surface area contributed by atoms with Gasteiger partial charge in [-0.2, -0.15) is 0 Å².